The van der Waals surface area contributed by atoms with Crippen molar-refractivity contribution >= 4 is 36.7 Å². The molecule has 1 aliphatic heterocycles. The average molecular weight is 745 g/mol. The Bertz CT molecular complexity index is 1710. The lowest BCUT2D eigenvalue weighted by atomic mass is 9.43. The van der Waals surface area contributed by atoms with Gasteiger partial charge in [-0.25, -0.2) is 14.0 Å². The predicted molar refractivity (Wildman–Crippen MR) is 194 cm³/mol. The number of hydrogen-bond acceptors (Lipinski definition) is 9. The lowest BCUT2D eigenvalue weighted by Crippen LogP contribution is -2.65. The monoisotopic (exact) mass is 744 g/mol. The Balaban J connectivity index is 1.54. The second-order valence-electron chi connectivity index (χ2n) is 16.7. The summed E-state index contributed by atoms with van der Waals surface area (Å²) in [6.07, 6.45) is 0.709. The molecule has 14 heteroatoms. The van der Waals surface area contributed by atoms with Crippen LogP contribution in [0, 0.1) is 23.1 Å². The summed E-state index contributed by atoms with van der Waals surface area (Å²) in [5.74, 6) is -2.08. The summed E-state index contributed by atoms with van der Waals surface area (Å²) < 4.78 is 51.1. The first-order valence-corrected chi connectivity index (χ1v) is 18.0. The van der Waals surface area contributed by atoms with E-state index >= 15 is 4.39 Å². The summed E-state index contributed by atoms with van der Waals surface area (Å²) in [7, 11) is 1.84. The van der Waals surface area contributed by atoms with E-state index < -0.39 is 59.7 Å². The summed E-state index contributed by atoms with van der Waals surface area (Å²) in [5.41, 5.74) is -1.69. The minimum absolute atomic E-state index is 0.0315. The zero-order chi connectivity index (χ0) is 38.6. The maximum Gasteiger partial charge on any atom is 0.482 e. The number of carbonyl (C=O) groups excluding carboxylic acids is 3. The molecule has 0 radical (unpaired) electrons. The van der Waals surface area contributed by atoms with Gasteiger partial charge in [0.25, 0.3) is 0 Å². The molecule has 3 saturated carbocycles. The summed E-state index contributed by atoms with van der Waals surface area (Å²) in [4.78, 5) is 40.8. The van der Waals surface area contributed by atoms with Crippen molar-refractivity contribution in [2.24, 2.45) is 17.3 Å². The largest absolute Gasteiger partial charge is 0.496 e. The number of amides is 2. The Morgan fingerprint density at radius 1 is 1.00 bits per heavy atom. The number of benzene rings is 2. The van der Waals surface area contributed by atoms with Crippen LogP contribution in [0.4, 0.5) is 9.18 Å². The van der Waals surface area contributed by atoms with Gasteiger partial charge in [-0.2, -0.15) is 0 Å². The predicted octanol–water partition coefficient (Wildman–Crippen LogP) is 7.01. The van der Waals surface area contributed by atoms with Gasteiger partial charge in [0, 0.05) is 11.6 Å². The van der Waals surface area contributed by atoms with Crippen LogP contribution in [0.1, 0.15) is 103 Å². The number of nitrogens with one attached hydrogen (secondary N) is 2. The summed E-state index contributed by atoms with van der Waals surface area (Å²) in [5, 5.41) is 5.55. The standard InChI is InChI=1S/C38H51BClFN2O9/c1-35(2,3)49-33(45)22-14-12-13-20(31(22)48-11)15-29(39-51-28-17-21-16-27(37(21,7)8)38(28,9)52-39)42-32(44)30(43-34(46)50-36(4,5)6)23-18-24(40)26(47-10)19-25(23)41/h12-14,18-19,21,27-30H,15-17H2,1-11H3,(H,42,44)(H,43,46)/t21-,27-,28+,29-,30?,38-/m0/s1. The number of hydrogen-bond donors (Lipinski definition) is 2. The first kappa shape index (κ1) is 39.7. The van der Waals surface area contributed by atoms with E-state index in [4.69, 9.17) is 39.9 Å². The zero-order valence-electron chi connectivity index (χ0n) is 31.9. The van der Waals surface area contributed by atoms with Gasteiger partial charge in [0.15, 0.2) is 0 Å². The van der Waals surface area contributed by atoms with E-state index in [-0.39, 0.29) is 51.5 Å². The fraction of sp³-hybridized carbons (Fsp3) is 0.605. The van der Waals surface area contributed by atoms with Crippen LogP contribution in [0.5, 0.6) is 11.5 Å². The Labute approximate surface area is 311 Å². The number of carbonyl (C=O) groups is 3. The van der Waals surface area contributed by atoms with Crippen LogP contribution in [-0.4, -0.2) is 68.2 Å². The molecule has 52 heavy (non-hydrogen) atoms. The highest BCUT2D eigenvalue weighted by Crippen LogP contribution is 2.65. The molecule has 1 heterocycles. The molecule has 0 aromatic heterocycles. The average Bonchev–Trinajstić information content (AvgIpc) is 3.39. The van der Waals surface area contributed by atoms with Crippen molar-refractivity contribution in [1.29, 1.82) is 0 Å². The van der Waals surface area contributed by atoms with Crippen LogP contribution in [0.15, 0.2) is 30.3 Å². The number of halogens is 2. The molecule has 3 aliphatic carbocycles. The first-order valence-electron chi connectivity index (χ1n) is 17.6. The second-order valence-corrected chi connectivity index (χ2v) is 17.2. The van der Waals surface area contributed by atoms with Gasteiger partial charge in [-0.1, -0.05) is 37.6 Å². The summed E-state index contributed by atoms with van der Waals surface area (Å²) >= 11 is 6.39. The van der Waals surface area contributed by atoms with Crippen LogP contribution in [0.2, 0.25) is 5.02 Å². The normalized spacial score (nSPS) is 24.5. The highest BCUT2D eigenvalue weighted by molar-refractivity contribution is 6.48. The molecule has 4 aliphatic rings. The first-order chi connectivity index (χ1) is 24.1. The van der Waals surface area contributed by atoms with Crippen molar-refractivity contribution in [1.82, 2.24) is 10.6 Å². The second kappa shape index (κ2) is 14.4. The molecule has 6 atom stereocenters. The lowest BCUT2D eigenvalue weighted by molar-refractivity contribution is -0.199. The topological polar surface area (TPSA) is 131 Å². The molecular formula is C38H51BClFN2O9. The summed E-state index contributed by atoms with van der Waals surface area (Å²) in [6, 6.07) is 5.76. The molecule has 2 aromatic rings. The van der Waals surface area contributed by atoms with Crippen LogP contribution in [0.3, 0.4) is 0 Å². The van der Waals surface area contributed by atoms with E-state index in [0.717, 1.165) is 18.9 Å². The van der Waals surface area contributed by atoms with Gasteiger partial charge in [-0.05, 0) is 103 Å². The van der Waals surface area contributed by atoms with Gasteiger partial charge in [-0.3, -0.25) is 4.79 Å². The van der Waals surface area contributed by atoms with E-state index in [1.54, 1.807) is 59.7 Å². The molecule has 11 nitrogen and oxygen atoms in total. The van der Waals surface area contributed by atoms with Gasteiger partial charge in [-0.15, -0.1) is 0 Å². The highest BCUT2D eigenvalue weighted by Gasteiger charge is 2.68. The van der Waals surface area contributed by atoms with E-state index in [1.807, 2.05) is 0 Å². The van der Waals surface area contributed by atoms with Crippen molar-refractivity contribution < 1.29 is 47.0 Å². The van der Waals surface area contributed by atoms with E-state index in [9.17, 15) is 14.4 Å². The number of methoxy groups -OCH3 is 2. The Kier molecular flexibility index (Phi) is 11.0. The third-order valence-electron chi connectivity index (χ3n) is 10.5. The fourth-order valence-electron chi connectivity index (χ4n) is 7.90. The fourth-order valence-corrected chi connectivity index (χ4v) is 8.15. The van der Waals surface area contributed by atoms with Gasteiger partial charge in [0.1, 0.15) is 40.1 Å². The minimum atomic E-state index is -1.60. The third-order valence-corrected chi connectivity index (χ3v) is 10.8. The van der Waals surface area contributed by atoms with Crippen molar-refractivity contribution in [3.05, 3.63) is 57.9 Å². The number of alkyl carbamates (subject to hydrolysis) is 1. The van der Waals surface area contributed by atoms with Crippen LogP contribution >= 0.6 is 11.6 Å². The van der Waals surface area contributed by atoms with E-state index in [2.05, 4.69) is 31.4 Å². The number of esters is 1. The number of ether oxygens (including phenoxy) is 4. The molecule has 284 valence electrons. The number of rotatable bonds is 10. The quantitative estimate of drug-likeness (QED) is 0.195. The molecule has 1 saturated heterocycles. The number of para-hydroxylation sites is 1. The van der Waals surface area contributed by atoms with Gasteiger partial charge in [0.05, 0.1) is 36.9 Å². The van der Waals surface area contributed by atoms with Crippen molar-refractivity contribution in [2.75, 3.05) is 14.2 Å². The smallest absolute Gasteiger partial charge is 0.482 e. The van der Waals surface area contributed by atoms with Crippen LogP contribution in [-0.2, 0) is 30.0 Å². The van der Waals surface area contributed by atoms with Crippen LogP contribution < -0.4 is 20.1 Å². The summed E-state index contributed by atoms with van der Waals surface area (Å²) in [6.45, 7) is 16.9. The van der Waals surface area contributed by atoms with Gasteiger partial charge >= 0.3 is 19.2 Å². The molecule has 2 N–H and O–H groups in total. The Hall–Kier alpha value is -3.55. The zero-order valence-corrected chi connectivity index (χ0v) is 32.7. The molecule has 2 aromatic carbocycles. The minimum Gasteiger partial charge on any atom is -0.496 e. The maximum absolute atomic E-state index is 15.7. The van der Waals surface area contributed by atoms with Crippen molar-refractivity contribution in [2.45, 2.75) is 116 Å². The SMILES string of the molecule is COc1cc(F)c(C(NC(=O)OC(C)(C)C)C(=O)N[C@@H](Cc2cccc(C(=O)OC(C)(C)C)c2OC)B2O[C@@H]3C[C@@H]4C[C@@H](C4(C)C)[C@]3(C)O2)cc1Cl. The molecule has 4 fully saturated rings. The lowest BCUT2D eigenvalue weighted by Gasteiger charge is -2.64. The highest BCUT2D eigenvalue weighted by atomic mass is 35.5. The van der Waals surface area contributed by atoms with Gasteiger partial charge in [0.2, 0.25) is 5.91 Å². The molecule has 2 amide bonds. The van der Waals surface area contributed by atoms with Crippen molar-refractivity contribution in [3.63, 3.8) is 0 Å². The molecule has 6 rings (SSSR count). The Morgan fingerprint density at radius 2 is 1.67 bits per heavy atom. The van der Waals surface area contributed by atoms with Crippen molar-refractivity contribution in [3.8, 4) is 11.5 Å². The molecule has 2 bridgehead atoms. The molecule has 1 unspecified atom stereocenters. The Morgan fingerprint density at radius 3 is 2.27 bits per heavy atom. The van der Waals surface area contributed by atoms with Gasteiger partial charge < -0.3 is 38.9 Å². The van der Waals surface area contributed by atoms with Crippen LogP contribution in [0.25, 0.3) is 0 Å². The van der Waals surface area contributed by atoms with E-state index in [0.29, 0.717) is 11.5 Å². The third kappa shape index (κ3) is 8.01. The molecule has 0 spiro atoms. The van der Waals surface area contributed by atoms with E-state index in [1.165, 1.54) is 20.3 Å². The maximum atomic E-state index is 15.7. The molecular weight excluding hydrogens is 694 g/mol.